The van der Waals surface area contributed by atoms with E-state index in [2.05, 4.69) is 4.98 Å². The molecule has 5 rings (SSSR count). The molecule has 3 heterocycles. The van der Waals surface area contributed by atoms with Crippen molar-refractivity contribution in [1.82, 2.24) is 10.0 Å². The number of imide groups is 2. The molecule has 2 aliphatic heterocycles. The molecule has 4 amide bonds. The summed E-state index contributed by atoms with van der Waals surface area (Å²) in [4.78, 5) is 59.0. The van der Waals surface area contributed by atoms with Gasteiger partial charge >= 0.3 is 6.01 Å². The Balaban J connectivity index is 1.35. The lowest BCUT2D eigenvalue weighted by Crippen LogP contribution is -2.29. The molecule has 9 nitrogen and oxygen atoms in total. The van der Waals surface area contributed by atoms with Crippen LogP contribution in [0, 0.1) is 0 Å². The molecule has 3 aromatic rings. The van der Waals surface area contributed by atoms with Crippen molar-refractivity contribution in [3.05, 3.63) is 59.2 Å². The number of aromatic nitrogens is 1. The van der Waals surface area contributed by atoms with Crippen molar-refractivity contribution < 1.29 is 28.4 Å². The van der Waals surface area contributed by atoms with E-state index in [1.54, 1.807) is 42.5 Å². The maximum atomic E-state index is 12.3. The monoisotopic (exact) mass is 391 g/mol. The Morgan fingerprint density at radius 2 is 1.59 bits per heavy atom. The summed E-state index contributed by atoms with van der Waals surface area (Å²) in [5, 5.41) is 0.741. The van der Waals surface area contributed by atoms with Crippen LogP contribution in [0.5, 0.6) is 0 Å². The number of amides is 4. The fourth-order valence-electron chi connectivity index (χ4n) is 3.36. The zero-order valence-corrected chi connectivity index (χ0v) is 15.0. The first-order valence-corrected chi connectivity index (χ1v) is 8.89. The van der Waals surface area contributed by atoms with Gasteiger partial charge in [-0.1, -0.05) is 18.2 Å². The summed E-state index contributed by atoms with van der Waals surface area (Å²) in [7, 11) is 0. The van der Waals surface area contributed by atoms with Crippen molar-refractivity contribution in [2.75, 3.05) is 4.90 Å². The molecule has 0 bridgehead atoms. The van der Waals surface area contributed by atoms with Crippen LogP contribution in [0.4, 0.5) is 6.01 Å². The first kappa shape index (κ1) is 17.3. The number of hydrogen-bond donors (Lipinski definition) is 0. The van der Waals surface area contributed by atoms with Crippen LogP contribution in [0.1, 0.15) is 39.1 Å². The molecule has 1 saturated heterocycles. The number of fused-ring (bicyclic) bond motifs is 2. The lowest BCUT2D eigenvalue weighted by molar-refractivity contribution is -0.121. The fourth-order valence-corrected chi connectivity index (χ4v) is 3.36. The standard InChI is InChI=1S/C20H13N3O6/c24-16-7-8-17(25)22(16)20-21-14-9-11(5-6-15(14)29-20)10-28-23-18(26)12-3-1-2-4-13(12)19(23)27/h1-6,9H,7-8,10H2. The van der Waals surface area contributed by atoms with Crippen molar-refractivity contribution in [1.29, 1.82) is 0 Å². The molecule has 29 heavy (non-hydrogen) atoms. The van der Waals surface area contributed by atoms with E-state index in [1.165, 1.54) is 0 Å². The summed E-state index contributed by atoms with van der Waals surface area (Å²) in [6.45, 7) is -0.0504. The molecule has 1 fully saturated rings. The van der Waals surface area contributed by atoms with Gasteiger partial charge < -0.3 is 4.42 Å². The van der Waals surface area contributed by atoms with Gasteiger partial charge in [-0.05, 0) is 29.8 Å². The maximum absolute atomic E-state index is 12.3. The van der Waals surface area contributed by atoms with Crippen LogP contribution in [-0.4, -0.2) is 33.7 Å². The number of benzene rings is 2. The quantitative estimate of drug-likeness (QED) is 0.627. The Morgan fingerprint density at radius 1 is 0.931 bits per heavy atom. The third-order valence-electron chi connectivity index (χ3n) is 4.80. The van der Waals surface area contributed by atoms with Gasteiger partial charge in [0.2, 0.25) is 11.8 Å². The minimum Gasteiger partial charge on any atom is -0.423 e. The van der Waals surface area contributed by atoms with Gasteiger partial charge in [0.15, 0.2) is 5.58 Å². The molecule has 0 unspecified atom stereocenters. The van der Waals surface area contributed by atoms with Crippen LogP contribution < -0.4 is 4.90 Å². The second-order valence-electron chi connectivity index (χ2n) is 6.65. The summed E-state index contributed by atoms with van der Waals surface area (Å²) in [5.74, 6) is -1.73. The lowest BCUT2D eigenvalue weighted by Gasteiger charge is -2.13. The third-order valence-corrected chi connectivity index (χ3v) is 4.80. The first-order valence-electron chi connectivity index (χ1n) is 8.89. The van der Waals surface area contributed by atoms with E-state index >= 15 is 0 Å². The van der Waals surface area contributed by atoms with Crippen LogP contribution in [0.2, 0.25) is 0 Å². The maximum Gasteiger partial charge on any atom is 0.312 e. The zero-order valence-electron chi connectivity index (χ0n) is 15.0. The molecule has 0 radical (unpaired) electrons. The molecule has 2 aliphatic rings. The van der Waals surface area contributed by atoms with E-state index in [0.29, 0.717) is 27.8 Å². The highest BCUT2D eigenvalue weighted by Crippen LogP contribution is 2.28. The topological polar surface area (TPSA) is 110 Å². The van der Waals surface area contributed by atoms with Crippen molar-refractivity contribution in [2.45, 2.75) is 19.4 Å². The highest BCUT2D eigenvalue weighted by molar-refractivity contribution is 6.20. The number of oxazole rings is 1. The number of nitrogens with zero attached hydrogens (tertiary/aromatic N) is 3. The largest absolute Gasteiger partial charge is 0.423 e. The van der Waals surface area contributed by atoms with E-state index in [1.807, 2.05) is 0 Å². The summed E-state index contributed by atoms with van der Waals surface area (Å²) < 4.78 is 5.52. The predicted octanol–water partition coefficient (Wildman–Crippen LogP) is 2.21. The van der Waals surface area contributed by atoms with Crippen molar-refractivity contribution in [3.63, 3.8) is 0 Å². The summed E-state index contributed by atoms with van der Waals surface area (Å²) in [6.07, 6.45) is 0.272. The molecular weight excluding hydrogens is 378 g/mol. The third kappa shape index (κ3) is 2.71. The second-order valence-corrected chi connectivity index (χ2v) is 6.65. The minimum absolute atomic E-state index is 0.0504. The molecule has 1 aromatic heterocycles. The van der Waals surface area contributed by atoms with E-state index in [9.17, 15) is 19.2 Å². The molecular formula is C20H13N3O6. The van der Waals surface area contributed by atoms with Gasteiger partial charge in [-0.25, -0.2) is 4.90 Å². The highest BCUT2D eigenvalue weighted by Gasteiger charge is 2.37. The van der Waals surface area contributed by atoms with Gasteiger partial charge in [-0.3, -0.25) is 24.0 Å². The fraction of sp³-hybridized carbons (Fsp3) is 0.150. The number of anilines is 1. The highest BCUT2D eigenvalue weighted by atomic mass is 16.7. The van der Waals surface area contributed by atoms with Gasteiger partial charge in [-0.15, -0.1) is 5.06 Å². The lowest BCUT2D eigenvalue weighted by atomic mass is 10.1. The van der Waals surface area contributed by atoms with Crippen LogP contribution in [-0.2, 0) is 21.0 Å². The van der Waals surface area contributed by atoms with Gasteiger partial charge in [0.25, 0.3) is 11.8 Å². The van der Waals surface area contributed by atoms with Crippen molar-refractivity contribution >= 4 is 40.7 Å². The average Bonchev–Trinajstić information content (AvgIpc) is 3.35. The van der Waals surface area contributed by atoms with Crippen LogP contribution in [0.25, 0.3) is 11.1 Å². The summed E-state index contributed by atoms with van der Waals surface area (Å²) >= 11 is 0. The number of carbonyl (C=O) groups is 4. The number of hydroxylamine groups is 2. The Morgan fingerprint density at radius 3 is 2.24 bits per heavy atom. The number of carbonyl (C=O) groups excluding carboxylic acids is 4. The van der Waals surface area contributed by atoms with Crippen LogP contribution >= 0.6 is 0 Å². The Bertz CT molecular complexity index is 1160. The molecule has 0 N–H and O–H groups in total. The Hall–Kier alpha value is -3.85. The molecule has 9 heteroatoms. The minimum atomic E-state index is -0.513. The van der Waals surface area contributed by atoms with Gasteiger partial charge in [-0.2, -0.15) is 4.98 Å². The molecule has 144 valence electrons. The van der Waals surface area contributed by atoms with Crippen LogP contribution in [0.15, 0.2) is 46.9 Å². The molecule has 0 saturated carbocycles. The first-order chi connectivity index (χ1) is 14.0. The molecule has 0 atom stereocenters. The molecule has 0 aliphatic carbocycles. The Kier molecular flexibility index (Phi) is 3.78. The van der Waals surface area contributed by atoms with E-state index in [-0.39, 0.29) is 37.3 Å². The molecule has 0 spiro atoms. The second kappa shape index (κ2) is 6.35. The average molecular weight is 391 g/mol. The normalized spacial score (nSPS) is 16.4. The van der Waals surface area contributed by atoms with Crippen molar-refractivity contribution in [3.8, 4) is 0 Å². The zero-order chi connectivity index (χ0) is 20.1. The smallest absolute Gasteiger partial charge is 0.312 e. The van der Waals surface area contributed by atoms with Gasteiger partial charge in [0.1, 0.15) is 12.1 Å². The number of rotatable bonds is 4. The van der Waals surface area contributed by atoms with E-state index in [4.69, 9.17) is 9.25 Å². The van der Waals surface area contributed by atoms with Gasteiger partial charge in [0.05, 0.1) is 11.1 Å². The van der Waals surface area contributed by atoms with E-state index < -0.39 is 11.8 Å². The molecule has 2 aromatic carbocycles. The van der Waals surface area contributed by atoms with E-state index in [0.717, 1.165) is 9.96 Å². The SMILES string of the molecule is O=C1c2ccccc2C(=O)N1OCc1ccc2oc(N3C(=O)CCC3=O)nc2c1. The Labute approximate surface area is 163 Å². The summed E-state index contributed by atoms with van der Waals surface area (Å²) in [5.41, 5.74) is 2.06. The van der Waals surface area contributed by atoms with Crippen molar-refractivity contribution in [2.24, 2.45) is 0 Å². The number of hydrogen-bond acceptors (Lipinski definition) is 7. The summed E-state index contributed by atoms with van der Waals surface area (Å²) in [6, 6.07) is 11.4. The van der Waals surface area contributed by atoms with Gasteiger partial charge in [0, 0.05) is 12.8 Å². The van der Waals surface area contributed by atoms with Crippen LogP contribution in [0.3, 0.4) is 0 Å². The predicted molar refractivity (Wildman–Crippen MR) is 97.5 cm³/mol.